The number of nitrogens with one attached hydrogen (secondary N) is 2. The first-order chi connectivity index (χ1) is 13.3. The molecule has 1 aromatic carbocycles. The number of fused-ring (bicyclic) bond motifs is 1. The Morgan fingerprint density at radius 2 is 2.15 bits per heavy atom. The van der Waals surface area contributed by atoms with Gasteiger partial charge in [0.1, 0.15) is 11.9 Å². The third-order valence-electron chi connectivity index (χ3n) is 5.02. The van der Waals surface area contributed by atoms with E-state index in [9.17, 15) is 0 Å². The predicted octanol–water partition coefficient (Wildman–Crippen LogP) is 2.45. The molecule has 1 aromatic heterocycles. The van der Waals surface area contributed by atoms with Crippen molar-refractivity contribution < 1.29 is 4.74 Å². The Morgan fingerprint density at radius 1 is 1.30 bits per heavy atom. The first kappa shape index (κ1) is 18.1. The molecule has 0 bridgehead atoms. The van der Waals surface area contributed by atoms with Crippen molar-refractivity contribution >= 4 is 22.4 Å². The molecule has 0 saturated carbocycles. The first-order valence-electron chi connectivity index (χ1n) is 9.70. The summed E-state index contributed by atoms with van der Waals surface area (Å²) in [5, 5.41) is 10.1. The molecule has 2 aromatic rings. The van der Waals surface area contributed by atoms with Gasteiger partial charge in [0, 0.05) is 44.9 Å². The van der Waals surface area contributed by atoms with Crippen molar-refractivity contribution in [3.05, 3.63) is 40.9 Å². The fourth-order valence-corrected chi connectivity index (χ4v) is 4.49. The van der Waals surface area contributed by atoms with Crippen LogP contribution in [0.25, 0.3) is 0 Å². The minimum Gasteiger partial charge on any atom is -0.488 e. The molecule has 2 N–H and O–H groups in total. The molecular formula is C20H27N5OS. The summed E-state index contributed by atoms with van der Waals surface area (Å²) in [5.41, 5.74) is 2.43. The van der Waals surface area contributed by atoms with Gasteiger partial charge < -0.3 is 20.3 Å². The van der Waals surface area contributed by atoms with E-state index in [0.29, 0.717) is 0 Å². The van der Waals surface area contributed by atoms with Gasteiger partial charge in [0.2, 0.25) is 0 Å². The summed E-state index contributed by atoms with van der Waals surface area (Å²) < 4.78 is 5.97. The largest absolute Gasteiger partial charge is 0.488 e. The van der Waals surface area contributed by atoms with Crippen LogP contribution in [0, 0.1) is 0 Å². The molecule has 2 aliphatic heterocycles. The molecule has 0 radical (unpaired) electrons. The number of rotatable bonds is 6. The Balaban J connectivity index is 1.19. The number of ether oxygens (including phenoxy) is 1. The van der Waals surface area contributed by atoms with Crippen LogP contribution < -0.4 is 20.3 Å². The molecule has 4 rings (SSSR count). The maximum absolute atomic E-state index is 5.97. The van der Waals surface area contributed by atoms with Crippen LogP contribution in [0.5, 0.6) is 5.75 Å². The zero-order chi connectivity index (χ0) is 18.5. The van der Waals surface area contributed by atoms with E-state index in [1.165, 1.54) is 23.5 Å². The Morgan fingerprint density at radius 3 is 2.96 bits per heavy atom. The van der Waals surface area contributed by atoms with Gasteiger partial charge in [-0.05, 0) is 24.5 Å². The number of para-hydroxylation sites is 1. The van der Waals surface area contributed by atoms with Crippen LogP contribution in [-0.4, -0.2) is 50.3 Å². The van der Waals surface area contributed by atoms with E-state index in [2.05, 4.69) is 38.0 Å². The third-order valence-corrected chi connectivity index (χ3v) is 5.97. The van der Waals surface area contributed by atoms with Crippen molar-refractivity contribution in [1.29, 1.82) is 0 Å². The van der Waals surface area contributed by atoms with Gasteiger partial charge in [-0.1, -0.05) is 18.2 Å². The Bertz CT molecular complexity index is 759. The predicted molar refractivity (Wildman–Crippen MR) is 111 cm³/mol. The standard InChI is InChI=1S/C20H27N5OS/c1-21-19(23-13-17-12-15-6-2-3-7-18(15)26-17)22-9-8-16-14-27-20(24-16)25-10-4-5-11-25/h2-3,6-7,14,17H,4-5,8-13H2,1H3,(H2,21,22,23). The van der Waals surface area contributed by atoms with E-state index in [1.807, 2.05) is 12.1 Å². The summed E-state index contributed by atoms with van der Waals surface area (Å²) >= 11 is 1.76. The summed E-state index contributed by atoms with van der Waals surface area (Å²) in [6.07, 6.45) is 4.57. The van der Waals surface area contributed by atoms with Gasteiger partial charge in [0.05, 0.1) is 12.2 Å². The van der Waals surface area contributed by atoms with Crippen LogP contribution in [-0.2, 0) is 12.8 Å². The highest BCUT2D eigenvalue weighted by Crippen LogP contribution is 2.27. The number of aromatic nitrogens is 1. The number of benzene rings is 1. The summed E-state index contributed by atoms with van der Waals surface area (Å²) in [5.74, 6) is 1.81. The lowest BCUT2D eigenvalue weighted by Crippen LogP contribution is -2.42. The maximum Gasteiger partial charge on any atom is 0.191 e. The molecule has 1 unspecified atom stereocenters. The van der Waals surface area contributed by atoms with Crippen LogP contribution in [0.2, 0.25) is 0 Å². The van der Waals surface area contributed by atoms with Gasteiger partial charge in [-0.15, -0.1) is 11.3 Å². The zero-order valence-electron chi connectivity index (χ0n) is 15.8. The molecule has 7 heteroatoms. The number of aliphatic imine (C=N–C) groups is 1. The molecule has 2 aliphatic rings. The fourth-order valence-electron chi connectivity index (χ4n) is 3.57. The van der Waals surface area contributed by atoms with E-state index in [4.69, 9.17) is 9.72 Å². The van der Waals surface area contributed by atoms with Gasteiger partial charge in [0.15, 0.2) is 11.1 Å². The van der Waals surface area contributed by atoms with Crippen molar-refractivity contribution in [2.45, 2.75) is 31.8 Å². The molecular weight excluding hydrogens is 358 g/mol. The van der Waals surface area contributed by atoms with E-state index in [0.717, 1.165) is 56.4 Å². The average Bonchev–Trinajstić information content (AvgIpc) is 3.44. The molecule has 1 atom stereocenters. The Kier molecular flexibility index (Phi) is 5.77. The van der Waals surface area contributed by atoms with Gasteiger partial charge >= 0.3 is 0 Å². The zero-order valence-corrected chi connectivity index (χ0v) is 16.6. The molecule has 1 saturated heterocycles. The average molecular weight is 386 g/mol. The second-order valence-electron chi connectivity index (χ2n) is 7.00. The van der Waals surface area contributed by atoms with E-state index >= 15 is 0 Å². The van der Waals surface area contributed by atoms with Crippen LogP contribution >= 0.6 is 11.3 Å². The van der Waals surface area contributed by atoms with Gasteiger partial charge in [-0.3, -0.25) is 4.99 Å². The minimum absolute atomic E-state index is 0.155. The van der Waals surface area contributed by atoms with Crippen LogP contribution in [0.3, 0.4) is 0 Å². The van der Waals surface area contributed by atoms with Crippen molar-refractivity contribution in [1.82, 2.24) is 15.6 Å². The normalized spacial score (nSPS) is 19.1. The maximum atomic E-state index is 5.97. The van der Waals surface area contributed by atoms with E-state index < -0.39 is 0 Å². The highest BCUT2D eigenvalue weighted by atomic mass is 32.1. The smallest absolute Gasteiger partial charge is 0.191 e. The quantitative estimate of drug-likeness (QED) is 0.591. The molecule has 0 amide bonds. The van der Waals surface area contributed by atoms with Crippen LogP contribution in [0.15, 0.2) is 34.6 Å². The Hall–Kier alpha value is -2.28. The van der Waals surface area contributed by atoms with Crippen molar-refractivity contribution in [3.8, 4) is 5.75 Å². The Labute approximate surface area is 164 Å². The lowest BCUT2D eigenvalue weighted by molar-refractivity contribution is 0.235. The van der Waals surface area contributed by atoms with Gasteiger partial charge in [-0.25, -0.2) is 4.98 Å². The minimum atomic E-state index is 0.155. The second-order valence-corrected chi connectivity index (χ2v) is 7.83. The SMILES string of the molecule is CN=C(NCCc1csc(N2CCCC2)n1)NCC1Cc2ccccc2O1. The lowest BCUT2D eigenvalue weighted by Gasteiger charge is -2.15. The molecule has 27 heavy (non-hydrogen) atoms. The highest BCUT2D eigenvalue weighted by molar-refractivity contribution is 7.13. The van der Waals surface area contributed by atoms with Crippen LogP contribution in [0.1, 0.15) is 24.1 Å². The van der Waals surface area contributed by atoms with Gasteiger partial charge in [-0.2, -0.15) is 0 Å². The van der Waals surface area contributed by atoms with Gasteiger partial charge in [0.25, 0.3) is 0 Å². The van der Waals surface area contributed by atoms with E-state index in [1.54, 1.807) is 18.4 Å². The fraction of sp³-hybridized carbons (Fsp3) is 0.500. The number of hydrogen-bond donors (Lipinski definition) is 2. The number of hydrogen-bond acceptors (Lipinski definition) is 5. The topological polar surface area (TPSA) is 61.8 Å². The monoisotopic (exact) mass is 385 g/mol. The molecule has 144 valence electrons. The molecule has 0 spiro atoms. The molecule has 6 nitrogen and oxygen atoms in total. The van der Waals surface area contributed by atoms with Crippen molar-refractivity contribution in [2.24, 2.45) is 4.99 Å². The van der Waals surface area contributed by atoms with Crippen molar-refractivity contribution in [2.75, 3.05) is 38.1 Å². The highest BCUT2D eigenvalue weighted by Gasteiger charge is 2.22. The third kappa shape index (κ3) is 4.53. The second kappa shape index (κ2) is 8.61. The van der Waals surface area contributed by atoms with Crippen LogP contribution in [0.4, 0.5) is 5.13 Å². The molecule has 0 aliphatic carbocycles. The number of guanidine groups is 1. The summed E-state index contributed by atoms with van der Waals surface area (Å²) in [4.78, 5) is 11.5. The molecule has 1 fully saturated rings. The number of anilines is 1. The van der Waals surface area contributed by atoms with E-state index in [-0.39, 0.29) is 6.10 Å². The lowest BCUT2D eigenvalue weighted by atomic mass is 10.1. The summed E-state index contributed by atoms with van der Waals surface area (Å²) in [7, 11) is 1.80. The first-order valence-corrected chi connectivity index (χ1v) is 10.6. The summed E-state index contributed by atoms with van der Waals surface area (Å²) in [6, 6.07) is 8.24. The molecule has 3 heterocycles. The van der Waals surface area contributed by atoms with Crippen molar-refractivity contribution in [3.63, 3.8) is 0 Å². The summed E-state index contributed by atoms with van der Waals surface area (Å²) in [6.45, 7) is 3.85. The number of thiazole rings is 1. The number of nitrogens with zero attached hydrogens (tertiary/aromatic N) is 3.